The summed E-state index contributed by atoms with van der Waals surface area (Å²) in [6.45, 7) is 11.2. The molecule has 3 heteroatoms. The monoisotopic (exact) mass is 277 g/mol. The summed E-state index contributed by atoms with van der Waals surface area (Å²) in [6, 6.07) is 6.15. The molecule has 0 aliphatic rings. The second kappa shape index (κ2) is 8.64. The van der Waals surface area contributed by atoms with Gasteiger partial charge >= 0.3 is 0 Å². The number of ether oxygens (including phenoxy) is 2. The topological polar surface area (TPSA) is 44.5 Å². The van der Waals surface area contributed by atoms with Crippen LogP contribution in [0.3, 0.4) is 0 Å². The Morgan fingerprint density at radius 1 is 1.30 bits per heavy atom. The van der Waals surface area contributed by atoms with Gasteiger partial charge in [0, 0.05) is 12.1 Å². The van der Waals surface area contributed by atoms with Gasteiger partial charge in [0.2, 0.25) is 0 Å². The average Bonchev–Trinajstić information content (AvgIpc) is 2.44. The molecule has 0 saturated heterocycles. The van der Waals surface area contributed by atoms with Crippen LogP contribution in [-0.4, -0.2) is 19.3 Å². The van der Waals surface area contributed by atoms with E-state index >= 15 is 0 Å². The standard InChI is InChI=1S/C17H27NO2/c1-5-9-19-16-8-7-14(10-15(18)6-2)17(11-16)20-12-13(3)4/h7-8,11,15H,3,5-6,9-10,12,18H2,1-2,4H3. The molecule has 1 unspecified atom stereocenters. The SMILES string of the molecule is C=C(C)COc1cc(OCCC)ccc1CC(N)CC. The van der Waals surface area contributed by atoms with Gasteiger partial charge in [0.1, 0.15) is 18.1 Å². The van der Waals surface area contributed by atoms with Crippen molar-refractivity contribution in [1.82, 2.24) is 0 Å². The Balaban J connectivity index is 2.87. The van der Waals surface area contributed by atoms with Crippen LogP contribution in [0.5, 0.6) is 11.5 Å². The summed E-state index contributed by atoms with van der Waals surface area (Å²) in [5.74, 6) is 1.70. The van der Waals surface area contributed by atoms with E-state index in [4.69, 9.17) is 15.2 Å². The molecule has 0 amide bonds. The van der Waals surface area contributed by atoms with Gasteiger partial charge in [-0.05, 0) is 43.4 Å². The van der Waals surface area contributed by atoms with Crippen molar-refractivity contribution in [3.05, 3.63) is 35.9 Å². The molecule has 3 nitrogen and oxygen atoms in total. The van der Waals surface area contributed by atoms with Crippen LogP contribution in [0.15, 0.2) is 30.4 Å². The lowest BCUT2D eigenvalue weighted by molar-refractivity contribution is 0.309. The van der Waals surface area contributed by atoms with Crippen molar-refractivity contribution in [3.8, 4) is 11.5 Å². The molecule has 1 atom stereocenters. The zero-order valence-corrected chi connectivity index (χ0v) is 12.9. The highest BCUT2D eigenvalue weighted by Crippen LogP contribution is 2.27. The Bertz CT molecular complexity index is 429. The first-order valence-corrected chi connectivity index (χ1v) is 7.35. The molecule has 0 radical (unpaired) electrons. The summed E-state index contributed by atoms with van der Waals surface area (Å²) in [7, 11) is 0. The first kappa shape index (κ1) is 16.6. The Kier molecular flexibility index (Phi) is 7.16. The summed E-state index contributed by atoms with van der Waals surface area (Å²) < 4.78 is 11.5. The van der Waals surface area contributed by atoms with E-state index < -0.39 is 0 Å². The van der Waals surface area contributed by atoms with E-state index in [2.05, 4.69) is 20.4 Å². The number of nitrogens with two attached hydrogens (primary N) is 1. The van der Waals surface area contributed by atoms with Gasteiger partial charge in [-0.1, -0.05) is 26.5 Å². The molecule has 0 aromatic heterocycles. The number of benzene rings is 1. The van der Waals surface area contributed by atoms with Gasteiger partial charge in [-0.2, -0.15) is 0 Å². The molecule has 0 aliphatic heterocycles. The van der Waals surface area contributed by atoms with Gasteiger partial charge < -0.3 is 15.2 Å². The highest BCUT2D eigenvalue weighted by atomic mass is 16.5. The van der Waals surface area contributed by atoms with Crippen LogP contribution in [0, 0.1) is 0 Å². The predicted octanol–water partition coefficient (Wildman–Crippen LogP) is 3.71. The fourth-order valence-electron chi connectivity index (χ4n) is 1.78. The zero-order valence-electron chi connectivity index (χ0n) is 12.9. The lowest BCUT2D eigenvalue weighted by Crippen LogP contribution is -2.21. The summed E-state index contributed by atoms with van der Waals surface area (Å²) in [5, 5.41) is 0. The van der Waals surface area contributed by atoms with Crippen molar-refractivity contribution in [3.63, 3.8) is 0 Å². The second-order valence-corrected chi connectivity index (χ2v) is 5.24. The molecule has 20 heavy (non-hydrogen) atoms. The molecule has 1 aromatic rings. The van der Waals surface area contributed by atoms with Gasteiger partial charge in [-0.25, -0.2) is 0 Å². The van der Waals surface area contributed by atoms with Crippen LogP contribution >= 0.6 is 0 Å². The third-order valence-electron chi connectivity index (χ3n) is 2.99. The fraction of sp³-hybridized carbons (Fsp3) is 0.529. The second-order valence-electron chi connectivity index (χ2n) is 5.24. The molecule has 0 aliphatic carbocycles. The van der Waals surface area contributed by atoms with E-state index in [9.17, 15) is 0 Å². The van der Waals surface area contributed by atoms with E-state index in [1.807, 2.05) is 25.1 Å². The Hall–Kier alpha value is -1.48. The molecule has 0 saturated carbocycles. The van der Waals surface area contributed by atoms with Crippen molar-refractivity contribution in [2.45, 2.75) is 46.1 Å². The lowest BCUT2D eigenvalue weighted by Gasteiger charge is -2.16. The highest BCUT2D eigenvalue weighted by molar-refractivity contribution is 5.41. The fourth-order valence-corrected chi connectivity index (χ4v) is 1.78. The molecule has 2 N–H and O–H groups in total. The van der Waals surface area contributed by atoms with Crippen LogP contribution in [0.2, 0.25) is 0 Å². The highest BCUT2D eigenvalue weighted by Gasteiger charge is 2.10. The molecule has 0 heterocycles. The van der Waals surface area contributed by atoms with Crippen molar-refractivity contribution in [2.75, 3.05) is 13.2 Å². The molecule has 0 bridgehead atoms. The van der Waals surface area contributed by atoms with E-state index in [-0.39, 0.29) is 6.04 Å². The number of hydrogen-bond donors (Lipinski definition) is 1. The van der Waals surface area contributed by atoms with E-state index in [0.29, 0.717) is 13.2 Å². The minimum atomic E-state index is 0.157. The first-order valence-electron chi connectivity index (χ1n) is 7.35. The molecule has 0 fully saturated rings. The summed E-state index contributed by atoms with van der Waals surface area (Å²) in [5.41, 5.74) is 8.17. The average molecular weight is 277 g/mol. The van der Waals surface area contributed by atoms with Gasteiger partial charge in [-0.3, -0.25) is 0 Å². The molecule has 0 spiro atoms. The van der Waals surface area contributed by atoms with E-state index in [1.54, 1.807) is 0 Å². The maximum absolute atomic E-state index is 6.04. The van der Waals surface area contributed by atoms with Crippen LogP contribution < -0.4 is 15.2 Å². The number of rotatable bonds is 9. The first-order chi connectivity index (χ1) is 9.56. The smallest absolute Gasteiger partial charge is 0.126 e. The van der Waals surface area contributed by atoms with Crippen molar-refractivity contribution >= 4 is 0 Å². The maximum Gasteiger partial charge on any atom is 0.126 e. The normalized spacial score (nSPS) is 12.0. The van der Waals surface area contributed by atoms with Gasteiger partial charge in [0.15, 0.2) is 0 Å². The van der Waals surface area contributed by atoms with Crippen LogP contribution in [0.1, 0.15) is 39.2 Å². The Morgan fingerprint density at radius 3 is 2.65 bits per heavy atom. The minimum absolute atomic E-state index is 0.157. The van der Waals surface area contributed by atoms with Crippen molar-refractivity contribution in [2.24, 2.45) is 5.73 Å². The molecular formula is C17H27NO2. The molecular weight excluding hydrogens is 250 g/mol. The van der Waals surface area contributed by atoms with Crippen molar-refractivity contribution in [1.29, 1.82) is 0 Å². The quantitative estimate of drug-likeness (QED) is 0.700. The lowest BCUT2D eigenvalue weighted by atomic mass is 10.0. The largest absolute Gasteiger partial charge is 0.493 e. The summed E-state index contributed by atoms with van der Waals surface area (Å²) >= 11 is 0. The third-order valence-corrected chi connectivity index (χ3v) is 2.99. The van der Waals surface area contributed by atoms with E-state index in [1.165, 1.54) is 0 Å². The van der Waals surface area contributed by atoms with Gasteiger partial charge in [0.25, 0.3) is 0 Å². The summed E-state index contributed by atoms with van der Waals surface area (Å²) in [4.78, 5) is 0. The maximum atomic E-state index is 6.04. The zero-order chi connectivity index (χ0) is 15.0. The molecule has 1 rings (SSSR count). The number of hydrogen-bond acceptors (Lipinski definition) is 3. The van der Waals surface area contributed by atoms with Crippen LogP contribution in [0.4, 0.5) is 0 Å². The Labute approximate surface area is 122 Å². The predicted molar refractivity (Wildman–Crippen MR) is 84.5 cm³/mol. The Morgan fingerprint density at radius 2 is 2.05 bits per heavy atom. The molecule has 112 valence electrons. The van der Waals surface area contributed by atoms with Crippen LogP contribution in [-0.2, 0) is 6.42 Å². The van der Waals surface area contributed by atoms with Gasteiger partial charge in [-0.15, -0.1) is 0 Å². The van der Waals surface area contributed by atoms with Crippen molar-refractivity contribution < 1.29 is 9.47 Å². The van der Waals surface area contributed by atoms with E-state index in [0.717, 1.165) is 41.9 Å². The molecule has 1 aromatic carbocycles. The summed E-state index contributed by atoms with van der Waals surface area (Å²) in [6.07, 6.45) is 2.76. The minimum Gasteiger partial charge on any atom is -0.493 e. The third kappa shape index (κ3) is 5.66. The van der Waals surface area contributed by atoms with Gasteiger partial charge in [0.05, 0.1) is 6.61 Å². The van der Waals surface area contributed by atoms with Crippen LogP contribution in [0.25, 0.3) is 0 Å².